The Morgan fingerprint density at radius 2 is 2.25 bits per heavy atom. The number of aryl methyl sites for hydroxylation is 1. The first-order chi connectivity index (χ1) is 9.52. The number of rotatable bonds is 5. The summed E-state index contributed by atoms with van der Waals surface area (Å²) in [5, 5.41) is 3.91. The molecule has 0 aliphatic rings. The highest BCUT2D eigenvalue weighted by Crippen LogP contribution is 2.15. The Labute approximate surface area is 117 Å². The monoisotopic (exact) mass is 277 g/mol. The van der Waals surface area contributed by atoms with Gasteiger partial charge in [-0.25, -0.2) is 4.79 Å². The number of hydrogen-bond donors (Lipinski definition) is 0. The summed E-state index contributed by atoms with van der Waals surface area (Å²) in [5.74, 6) is 1.03. The van der Waals surface area contributed by atoms with E-state index in [1.807, 2.05) is 33.0 Å². The van der Waals surface area contributed by atoms with Crippen LogP contribution in [0, 0.1) is 6.92 Å². The first-order valence-corrected chi connectivity index (χ1v) is 6.68. The Kier molecular flexibility index (Phi) is 4.22. The van der Waals surface area contributed by atoms with Crippen LogP contribution in [-0.2, 0) is 11.3 Å². The molecule has 108 valence electrons. The van der Waals surface area contributed by atoms with Crippen LogP contribution in [0.3, 0.4) is 0 Å². The van der Waals surface area contributed by atoms with Crippen LogP contribution >= 0.6 is 0 Å². The van der Waals surface area contributed by atoms with Crippen molar-refractivity contribution in [3.05, 3.63) is 35.2 Å². The number of nitrogens with zero attached hydrogens (tertiary/aromatic N) is 3. The van der Waals surface area contributed by atoms with E-state index in [2.05, 4.69) is 10.1 Å². The van der Waals surface area contributed by atoms with Gasteiger partial charge in [-0.2, -0.15) is 4.98 Å². The lowest BCUT2D eigenvalue weighted by Crippen LogP contribution is -2.14. The molecule has 6 heteroatoms. The molecular formula is C14H19N3O3. The summed E-state index contributed by atoms with van der Waals surface area (Å²) in [6, 6.07) is 1.87. The minimum Gasteiger partial charge on any atom is -0.461 e. The van der Waals surface area contributed by atoms with Gasteiger partial charge in [-0.05, 0) is 25.5 Å². The van der Waals surface area contributed by atoms with Gasteiger partial charge in [0, 0.05) is 12.1 Å². The van der Waals surface area contributed by atoms with Crippen molar-refractivity contribution in [3.63, 3.8) is 0 Å². The van der Waals surface area contributed by atoms with E-state index < -0.39 is 0 Å². The van der Waals surface area contributed by atoms with Crippen molar-refractivity contribution in [2.24, 2.45) is 0 Å². The maximum absolute atomic E-state index is 11.9. The molecule has 0 saturated carbocycles. The molecule has 0 aromatic carbocycles. The predicted molar refractivity (Wildman–Crippen MR) is 72.6 cm³/mol. The highest BCUT2D eigenvalue weighted by molar-refractivity contribution is 5.89. The Hall–Kier alpha value is -2.11. The molecule has 0 aliphatic heterocycles. The fourth-order valence-corrected chi connectivity index (χ4v) is 1.90. The van der Waals surface area contributed by atoms with Gasteiger partial charge in [0.05, 0.1) is 6.61 Å². The van der Waals surface area contributed by atoms with Crippen LogP contribution in [0.15, 0.2) is 16.8 Å². The average molecular weight is 277 g/mol. The van der Waals surface area contributed by atoms with E-state index in [0.717, 1.165) is 5.56 Å². The fraction of sp³-hybridized carbons (Fsp3) is 0.500. The quantitative estimate of drug-likeness (QED) is 0.785. The van der Waals surface area contributed by atoms with Gasteiger partial charge in [0.2, 0.25) is 5.89 Å². The SMILES string of the molecule is CCOC(=O)c1c(C)ccn1Cc1nc(C(C)C)no1. The zero-order valence-electron chi connectivity index (χ0n) is 12.2. The van der Waals surface area contributed by atoms with Gasteiger partial charge in [-0.1, -0.05) is 19.0 Å². The molecule has 0 radical (unpaired) electrons. The molecule has 0 spiro atoms. The standard InChI is InChI=1S/C14H19N3O3/c1-5-19-14(18)12-10(4)6-7-17(12)8-11-15-13(9(2)3)16-20-11/h6-7,9H,5,8H2,1-4H3. The van der Waals surface area contributed by atoms with Crippen LogP contribution in [-0.4, -0.2) is 27.3 Å². The van der Waals surface area contributed by atoms with Gasteiger partial charge in [-0.3, -0.25) is 0 Å². The second kappa shape index (κ2) is 5.90. The highest BCUT2D eigenvalue weighted by atomic mass is 16.5. The Bertz CT molecular complexity index is 599. The number of hydrogen-bond acceptors (Lipinski definition) is 5. The fourth-order valence-electron chi connectivity index (χ4n) is 1.90. The maximum Gasteiger partial charge on any atom is 0.355 e. The maximum atomic E-state index is 11.9. The molecule has 0 amide bonds. The van der Waals surface area contributed by atoms with Crippen LogP contribution in [0.25, 0.3) is 0 Å². The van der Waals surface area contributed by atoms with Gasteiger partial charge in [0.1, 0.15) is 12.2 Å². The molecule has 2 aromatic rings. The van der Waals surface area contributed by atoms with Crippen LogP contribution in [0.1, 0.15) is 54.5 Å². The van der Waals surface area contributed by atoms with Crippen LogP contribution in [0.4, 0.5) is 0 Å². The van der Waals surface area contributed by atoms with Gasteiger partial charge >= 0.3 is 5.97 Å². The molecule has 0 aliphatic carbocycles. The van der Waals surface area contributed by atoms with Crippen molar-refractivity contribution in [2.75, 3.05) is 6.61 Å². The zero-order valence-corrected chi connectivity index (χ0v) is 12.2. The van der Waals surface area contributed by atoms with Crippen molar-refractivity contribution < 1.29 is 14.1 Å². The third kappa shape index (κ3) is 2.89. The van der Waals surface area contributed by atoms with Crippen molar-refractivity contribution in [2.45, 2.75) is 40.2 Å². The summed E-state index contributed by atoms with van der Waals surface area (Å²) in [4.78, 5) is 16.3. The minimum absolute atomic E-state index is 0.212. The first kappa shape index (κ1) is 14.3. The first-order valence-electron chi connectivity index (χ1n) is 6.68. The molecule has 2 aromatic heterocycles. The number of esters is 1. The van der Waals surface area contributed by atoms with E-state index in [9.17, 15) is 4.79 Å². The molecule has 0 saturated heterocycles. The van der Waals surface area contributed by atoms with Crippen molar-refractivity contribution in [3.8, 4) is 0 Å². The topological polar surface area (TPSA) is 70.2 Å². The van der Waals surface area contributed by atoms with Gasteiger partial charge in [0.15, 0.2) is 5.82 Å². The minimum atomic E-state index is -0.335. The predicted octanol–water partition coefficient (Wildman–Crippen LogP) is 2.53. The largest absolute Gasteiger partial charge is 0.461 e. The lowest BCUT2D eigenvalue weighted by molar-refractivity contribution is 0.0513. The lowest BCUT2D eigenvalue weighted by Gasteiger charge is -2.07. The van der Waals surface area contributed by atoms with Crippen LogP contribution in [0.2, 0.25) is 0 Å². The number of carbonyl (C=O) groups is 1. The molecule has 20 heavy (non-hydrogen) atoms. The smallest absolute Gasteiger partial charge is 0.355 e. The summed E-state index contributed by atoms with van der Waals surface area (Å²) in [6.45, 7) is 8.36. The van der Waals surface area contributed by atoms with Gasteiger partial charge in [0.25, 0.3) is 0 Å². The van der Waals surface area contributed by atoms with Crippen LogP contribution in [0.5, 0.6) is 0 Å². The number of aromatic nitrogens is 3. The summed E-state index contributed by atoms with van der Waals surface area (Å²) in [7, 11) is 0. The Balaban J connectivity index is 2.22. The highest BCUT2D eigenvalue weighted by Gasteiger charge is 2.18. The molecule has 0 atom stereocenters. The summed E-state index contributed by atoms with van der Waals surface area (Å²) >= 11 is 0. The van der Waals surface area contributed by atoms with E-state index >= 15 is 0 Å². The van der Waals surface area contributed by atoms with Crippen molar-refractivity contribution in [1.29, 1.82) is 0 Å². The van der Waals surface area contributed by atoms with Gasteiger partial charge < -0.3 is 13.8 Å². The second-order valence-electron chi connectivity index (χ2n) is 4.90. The molecule has 0 bridgehead atoms. The van der Waals surface area contributed by atoms with Crippen molar-refractivity contribution in [1.82, 2.24) is 14.7 Å². The van der Waals surface area contributed by atoms with Gasteiger partial charge in [-0.15, -0.1) is 0 Å². The van der Waals surface area contributed by atoms with E-state index in [1.165, 1.54) is 0 Å². The summed E-state index contributed by atoms with van der Waals surface area (Å²) in [6.07, 6.45) is 1.82. The molecule has 2 rings (SSSR count). The summed E-state index contributed by atoms with van der Waals surface area (Å²) < 4.78 is 12.0. The number of ether oxygens (including phenoxy) is 1. The molecule has 6 nitrogen and oxygen atoms in total. The zero-order chi connectivity index (χ0) is 14.7. The Morgan fingerprint density at radius 3 is 2.85 bits per heavy atom. The van der Waals surface area contributed by atoms with E-state index in [0.29, 0.717) is 30.6 Å². The molecular weight excluding hydrogens is 258 g/mol. The van der Waals surface area contributed by atoms with E-state index in [1.54, 1.807) is 11.5 Å². The molecule has 2 heterocycles. The average Bonchev–Trinajstić information content (AvgIpc) is 2.98. The van der Waals surface area contributed by atoms with E-state index in [-0.39, 0.29) is 11.9 Å². The molecule has 0 unspecified atom stereocenters. The van der Waals surface area contributed by atoms with Crippen molar-refractivity contribution >= 4 is 5.97 Å². The third-order valence-corrected chi connectivity index (χ3v) is 2.94. The van der Waals surface area contributed by atoms with E-state index in [4.69, 9.17) is 9.26 Å². The van der Waals surface area contributed by atoms with Crippen LogP contribution < -0.4 is 0 Å². The Morgan fingerprint density at radius 1 is 1.50 bits per heavy atom. The molecule has 0 N–H and O–H groups in total. The summed E-state index contributed by atoms with van der Waals surface area (Å²) in [5.41, 5.74) is 1.39. The third-order valence-electron chi connectivity index (χ3n) is 2.94. The number of carbonyl (C=O) groups excluding carboxylic acids is 1. The molecule has 0 fully saturated rings. The second-order valence-corrected chi connectivity index (χ2v) is 4.90. The normalized spacial score (nSPS) is 11.1. The lowest BCUT2D eigenvalue weighted by atomic mass is 10.2.